The summed E-state index contributed by atoms with van der Waals surface area (Å²) < 4.78 is 16.4. The summed E-state index contributed by atoms with van der Waals surface area (Å²) in [6, 6.07) is 33.1. The van der Waals surface area contributed by atoms with Gasteiger partial charge in [0.2, 0.25) is 0 Å². The van der Waals surface area contributed by atoms with Gasteiger partial charge in [-0.15, -0.1) is 0 Å². The molecule has 0 N–H and O–H groups in total. The van der Waals surface area contributed by atoms with Gasteiger partial charge in [0.05, 0.1) is 27.8 Å². The second-order valence-corrected chi connectivity index (χ2v) is 9.46. The Hall–Kier alpha value is -5.03. The molecule has 0 unspecified atom stereocenters. The fourth-order valence-electron chi connectivity index (χ4n) is 5.78. The van der Waals surface area contributed by atoms with Crippen molar-refractivity contribution in [2.24, 2.45) is 7.05 Å². The van der Waals surface area contributed by atoms with Crippen molar-refractivity contribution in [2.75, 3.05) is 4.90 Å². The Bertz CT molecular complexity index is 1910. The standard InChI is InChI=1S/C33H21FN2O2/c1-35-25-19-22(34)17-18-24(25)28-30-29(32(37)36(33(30)38)23-15-9-4-10-16-23)26(20-11-5-2-6-12-20)27(31(28)35)21-13-7-3-8-14-21/h2-19H,1H3. The van der Waals surface area contributed by atoms with Gasteiger partial charge in [0.15, 0.2) is 0 Å². The van der Waals surface area contributed by atoms with Crippen LogP contribution in [0, 0.1) is 5.82 Å². The molecule has 5 heteroatoms. The summed E-state index contributed by atoms with van der Waals surface area (Å²) >= 11 is 0. The fraction of sp³-hybridized carbons (Fsp3) is 0.0303. The number of hydrogen-bond donors (Lipinski definition) is 0. The van der Waals surface area contributed by atoms with Crippen LogP contribution in [0.25, 0.3) is 44.1 Å². The first-order valence-corrected chi connectivity index (χ1v) is 12.4. The number of halogens is 1. The molecular formula is C33H21FN2O2. The molecule has 0 saturated carbocycles. The predicted molar refractivity (Wildman–Crippen MR) is 149 cm³/mol. The van der Waals surface area contributed by atoms with E-state index in [-0.39, 0.29) is 17.6 Å². The third kappa shape index (κ3) is 3.02. The fourth-order valence-corrected chi connectivity index (χ4v) is 5.78. The van der Waals surface area contributed by atoms with E-state index in [2.05, 4.69) is 0 Å². The number of fused-ring (bicyclic) bond motifs is 5. The number of aromatic nitrogens is 1. The van der Waals surface area contributed by atoms with Gasteiger partial charge >= 0.3 is 0 Å². The highest BCUT2D eigenvalue weighted by molar-refractivity contribution is 6.42. The third-order valence-electron chi connectivity index (χ3n) is 7.37. The Morgan fingerprint density at radius 2 is 1.16 bits per heavy atom. The largest absolute Gasteiger partial charge is 0.343 e. The van der Waals surface area contributed by atoms with E-state index in [1.54, 1.807) is 18.2 Å². The van der Waals surface area contributed by atoms with Crippen molar-refractivity contribution in [3.63, 3.8) is 0 Å². The summed E-state index contributed by atoms with van der Waals surface area (Å²) in [7, 11) is 1.88. The first kappa shape index (κ1) is 22.2. The predicted octanol–water partition coefficient (Wildman–Crippen LogP) is 7.61. The minimum Gasteiger partial charge on any atom is -0.343 e. The molecule has 182 valence electrons. The SMILES string of the molecule is Cn1c2cc(F)ccc2c2c3c(c(-c4ccccc4)c(-c4ccccc4)c21)C(=O)N(c1ccccc1)C3=O. The number of aryl methyl sites for hydroxylation is 1. The highest BCUT2D eigenvalue weighted by Crippen LogP contribution is 2.49. The van der Waals surface area contributed by atoms with Crippen molar-refractivity contribution < 1.29 is 14.0 Å². The minimum atomic E-state index is -0.380. The molecule has 1 aliphatic heterocycles. The molecule has 5 aromatic carbocycles. The number of para-hydroxylation sites is 1. The van der Waals surface area contributed by atoms with E-state index < -0.39 is 0 Å². The molecule has 7 rings (SSSR count). The molecule has 0 spiro atoms. The number of rotatable bonds is 3. The topological polar surface area (TPSA) is 42.3 Å². The van der Waals surface area contributed by atoms with Gasteiger partial charge in [-0.3, -0.25) is 9.59 Å². The number of imide groups is 1. The van der Waals surface area contributed by atoms with E-state index in [4.69, 9.17) is 0 Å². The zero-order valence-corrected chi connectivity index (χ0v) is 20.5. The molecule has 0 aliphatic carbocycles. The molecule has 0 saturated heterocycles. The van der Waals surface area contributed by atoms with Crippen LogP contribution in [-0.4, -0.2) is 16.4 Å². The van der Waals surface area contributed by atoms with E-state index in [9.17, 15) is 14.0 Å². The Balaban J connectivity index is 1.74. The lowest BCUT2D eigenvalue weighted by Crippen LogP contribution is -2.29. The first-order chi connectivity index (χ1) is 18.6. The maximum absolute atomic E-state index is 14.5. The molecule has 2 heterocycles. The zero-order valence-electron chi connectivity index (χ0n) is 20.5. The third-order valence-corrected chi connectivity index (χ3v) is 7.37. The smallest absolute Gasteiger partial charge is 0.266 e. The Kier molecular flexibility index (Phi) is 4.82. The van der Waals surface area contributed by atoms with Crippen LogP contribution < -0.4 is 4.90 Å². The molecule has 0 fully saturated rings. The highest BCUT2D eigenvalue weighted by Gasteiger charge is 2.43. The van der Waals surface area contributed by atoms with E-state index in [1.165, 1.54) is 17.0 Å². The summed E-state index contributed by atoms with van der Waals surface area (Å²) in [5.41, 5.74) is 5.94. The van der Waals surface area contributed by atoms with Gasteiger partial charge in [-0.2, -0.15) is 0 Å². The van der Waals surface area contributed by atoms with Crippen molar-refractivity contribution in [3.05, 3.63) is 126 Å². The summed E-state index contributed by atoms with van der Waals surface area (Å²) in [6.07, 6.45) is 0. The number of carbonyl (C=O) groups is 2. The molecule has 0 bridgehead atoms. The molecule has 1 aromatic heterocycles. The van der Waals surface area contributed by atoms with Crippen molar-refractivity contribution in [3.8, 4) is 22.3 Å². The Morgan fingerprint density at radius 1 is 0.605 bits per heavy atom. The lowest BCUT2D eigenvalue weighted by atomic mass is 9.85. The monoisotopic (exact) mass is 496 g/mol. The number of nitrogens with zero attached hydrogens (tertiary/aromatic N) is 2. The summed E-state index contributed by atoms with van der Waals surface area (Å²) in [4.78, 5) is 29.7. The van der Waals surface area contributed by atoms with Gasteiger partial charge in [-0.25, -0.2) is 9.29 Å². The summed E-state index contributed by atoms with van der Waals surface area (Å²) in [6.45, 7) is 0. The molecule has 4 nitrogen and oxygen atoms in total. The van der Waals surface area contributed by atoms with Crippen molar-refractivity contribution in [1.82, 2.24) is 4.57 Å². The van der Waals surface area contributed by atoms with Gasteiger partial charge < -0.3 is 4.57 Å². The van der Waals surface area contributed by atoms with Gasteiger partial charge in [-0.1, -0.05) is 78.9 Å². The number of hydrogen-bond acceptors (Lipinski definition) is 2. The second kappa shape index (κ2) is 8.25. The number of amides is 2. The van der Waals surface area contributed by atoms with Crippen molar-refractivity contribution >= 4 is 39.3 Å². The number of anilines is 1. The quantitative estimate of drug-likeness (QED) is 0.237. The average molecular weight is 497 g/mol. The van der Waals surface area contributed by atoms with Crippen LogP contribution in [0.15, 0.2) is 109 Å². The second-order valence-electron chi connectivity index (χ2n) is 9.46. The molecular weight excluding hydrogens is 475 g/mol. The normalized spacial score (nSPS) is 13.1. The van der Waals surface area contributed by atoms with E-state index >= 15 is 0 Å². The molecule has 38 heavy (non-hydrogen) atoms. The molecule has 0 atom stereocenters. The summed E-state index contributed by atoms with van der Waals surface area (Å²) in [5.74, 6) is -1.11. The molecule has 6 aromatic rings. The maximum atomic E-state index is 14.5. The van der Waals surface area contributed by atoms with E-state index in [0.29, 0.717) is 33.3 Å². The minimum absolute atomic E-state index is 0.351. The number of carbonyl (C=O) groups excluding carboxylic acids is 2. The van der Waals surface area contributed by atoms with Gasteiger partial charge in [-0.05, 0) is 41.5 Å². The van der Waals surface area contributed by atoms with E-state index in [1.807, 2.05) is 90.5 Å². The lowest BCUT2D eigenvalue weighted by Gasteiger charge is -2.17. The van der Waals surface area contributed by atoms with Crippen LogP contribution in [0.2, 0.25) is 0 Å². The Morgan fingerprint density at radius 3 is 1.79 bits per heavy atom. The molecule has 0 radical (unpaired) electrons. The van der Waals surface area contributed by atoms with Crippen LogP contribution in [0.5, 0.6) is 0 Å². The lowest BCUT2D eigenvalue weighted by molar-refractivity contribution is 0.0927. The zero-order chi connectivity index (χ0) is 26.0. The number of benzene rings is 5. The van der Waals surface area contributed by atoms with Crippen LogP contribution in [0.1, 0.15) is 20.7 Å². The van der Waals surface area contributed by atoms with Crippen molar-refractivity contribution in [1.29, 1.82) is 0 Å². The van der Waals surface area contributed by atoms with Crippen LogP contribution in [-0.2, 0) is 7.05 Å². The molecule has 1 aliphatic rings. The van der Waals surface area contributed by atoms with E-state index in [0.717, 1.165) is 27.6 Å². The highest BCUT2D eigenvalue weighted by atomic mass is 19.1. The Labute approximate surface area is 218 Å². The maximum Gasteiger partial charge on any atom is 0.266 e. The van der Waals surface area contributed by atoms with Crippen LogP contribution in [0.3, 0.4) is 0 Å². The first-order valence-electron chi connectivity index (χ1n) is 12.4. The average Bonchev–Trinajstić information content (AvgIpc) is 3.38. The summed E-state index contributed by atoms with van der Waals surface area (Å²) in [5, 5.41) is 1.39. The van der Waals surface area contributed by atoms with Crippen LogP contribution >= 0.6 is 0 Å². The van der Waals surface area contributed by atoms with Gasteiger partial charge in [0.1, 0.15) is 5.82 Å². The van der Waals surface area contributed by atoms with Crippen molar-refractivity contribution in [2.45, 2.75) is 0 Å². The molecule has 2 amide bonds. The van der Waals surface area contributed by atoms with Crippen LogP contribution in [0.4, 0.5) is 10.1 Å². The van der Waals surface area contributed by atoms with Gasteiger partial charge in [0, 0.05) is 28.9 Å². The van der Waals surface area contributed by atoms with Gasteiger partial charge in [0.25, 0.3) is 11.8 Å².